The molecule has 2 amide bonds. The summed E-state index contributed by atoms with van der Waals surface area (Å²) in [6.45, 7) is 5.69. The number of carbonyl (C=O) groups is 3. The van der Waals surface area contributed by atoms with Gasteiger partial charge in [-0.2, -0.15) is 0 Å². The first kappa shape index (κ1) is 29.8. The molecule has 0 fully saturated rings. The van der Waals surface area contributed by atoms with Crippen molar-refractivity contribution in [2.75, 3.05) is 19.0 Å². The van der Waals surface area contributed by atoms with Crippen molar-refractivity contribution in [1.82, 2.24) is 10.3 Å². The number of carbonyl (C=O) groups excluding carboxylic acids is 2. The summed E-state index contributed by atoms with van der Waals surface area (Å²) in [5, 5.41) is 32.7. The zero-order valence-electron chi connectivity index (χ0n) is 22.7. The molecule has 0 bridgehead atoms. The van der Waals surface area contributed by atoms with Gasteiger partial charge in [0.25, 0.3) is 11.8 Å². The molecule has 7 N–H and O–H groups in total. The predicted octanol–water partition coefficient (Wildman–Crippen LogP) is 3.52. The smallest absolute Gasteiger partial charge is 0.336 e. The minimum absolute atomic E-state index is 0.0894. The molecule has 1 atom stereocenters. The molecule has 0 saturated carbocycles. The fourth-order valence-electron chi connectivity index (χ4n) is 4.14. The fraction of sp³-hybridized carbons (Fsp3) is 0.276. The van der Waals surface area contributed by atoms with Crippen LogP contribution in [0.2, 0.25) is 0 Å². The molecule has 3 aromatic rings. The highest BCUT2D eigenvalue weighted by molar-refractivity contribution is 6.10. The highest BCUT2D eigenvalue weighted by Crippen LogP contribution is 2.30. The molecule has 1 heterocycles. The van der Waals surface area contributed by atoms with Crippen LogP contribution < -0.4 is 21.1 Å². The molecule has 11 heteroatoms. The van der Waals surface area contributed by atoms with Crippen molar-refractivity contribution in [3.8, 4) is 17.0 Å². The number of methoxy groups -OCH3 is 1. The first-order valence-corrected chi connectivity index (χ1v) is 12.4. The maximum atomic E-state index is 13.3. The number of aromatic nitrogens is 1. The van der Waals surface area contributed by atoms with Crippen molar-refractivity contribution in [3.05, 3.63) is 77.0 Å². The van der Waals surface area contributed by atoms with E-state index < -0.39 is 23.8 Å². The quantitative estimate of drug-likeness (QED) is 0.164. The van der Waals surface area contributed by atoms with Crippen molar-refractivity contribution in [2.45, 2.75) is 33.2 Å². The summed E-state index contributed by atoms with van der Waals surface area (Å²) in [7, 11) is 1.39. The highest BCUT2D eigenvalue weighted by atomic mass is 16.5. The number of anilines is 1. The van der Waals surface area contributed by atoms with E-state index in [9.17, 15) is 24.6 Å². The number of nitrogens with one attached hydrogen (secondary N) is 3. The van der Waals surface area contributed by atoms with Crippen LogP contribution in [0.5, 0.6) is 5.88 Å². The second-order valence-corrected chi connectivity index (χ2v) is 10.4. The van der Waals surface area contributed by atoms with Crippen LogP contribution in [0.4, 0.5) is 5.69 Å². The van der Waals surface area contributed by atoms with Gasteiger partial charge in [-0.25, -0.2) is 9.78 Å². The van der Waals surface area contributed by atoms with E-state index in [0.717, 1.165) is 0 Å². The number of aliphatic hydroxyl groups is 1. The number of nitrogen functional groups attached to an aromatic ring is 1. The van der Waals surface area contributed by atoms with E-state index >= 15 is 0 Å². The van der Waals surface area contributed by atoms with Crippen LogP contribution in [-0.2, 0) is 0 Å². The number of amidine groups is 1. The minimum atomic E-state index is -1.31. The van der Waals surface area contributed by atoms with Gasteiger partial charge >= 0.3 is 5.97 Å². The molecule has 210 valence electrons. The largest absolute Gasteiger partial charge is 0.481 e. The third-order valence-electron chi connectivity index (χ3n) is 5.96. The van der Waals surface area contributed by atoms with Crippen LogP contribution in [0, 0.1) is 10.8 Å². The Morgan fingerprint density at radius 2 is 1.62 bits per heavy atom. The van der Waals surface area contributed by atoms with Crippen molar-refractivity contribution in [2.24, 2.45) is 11.1 Å². The third-order valence-corrected chi connectivity index (χ3v) is 5.96. The number of hydrogen-bond acceptors (Lipinski definition) is 7. The molecule has 1 aromatic heterocycles. The number of rotatable bonds is 10. The Balaban J connectivity index is 1.99. The summed E-state index contributed by atoms with van der Waals surface area (Å²) in [4.78, 5) is 42.7. The molecular weight excluding hydrogens is 514 g/mol. The number of pyridine rings is 1. The van der Waals surface area contributed by atoms with Crippen LogP contribution in [0.25, 0.3) is 11.1 Å². The summed E-state index contributed by atoms with van der Waals surface area (Å²) >= 11 is 0. The Morgan fingerprint density at radius 1 is 1.00 bits per heavy atom. The van der Waals surface area contributed by atoms with Crippen molar-refractivity contribution in [1.29, 1.82) is 5.41 Å². The first-order valence-electron chi connectivity index (χ1n) is 12.4. The number of nitrogens with two attached hydrogens (primary N) is 1. The highest BCUT2D eigenvalue weighted by Gasteiger charge is 2.24. The Morgan fingerprint density at radius 3 is 2.17 bits per heavy atom. The molecule has 3 rings (SSSR count). The zero-order valence-corrected chi connectivity index (χ0v) is 22.7. The van der Waals surface area contributed by atoms with Crippen molar-refractivity contribution < 1.29 is 29.3 Å². The lowest BCUT2D eigenvalue weighted by Crippen LogP contribution is -2.40. The second-order valence-electron chi connectivity index (χ2n) is 10.4. The van der Waals surface area contributed by atoms with E-state index in [1.54, 1.807) is 24.3 Å². The Hall–Kier alpha value is -4.77. The number of carboxylic acid groups (broad SMARTS) is 1. The first-order chi connectivity index (χ1) is 18.8. The van der Waals surface area contributed by atoms with Crippen LogP contribution in [0.1, 0.15) is 64.0 Å². The molecular formula is C29H33N5O6. The summed E-state index contributed by atoms with van der Waals surface area (Å²) in [5.74, 6) is -2.44. The number of aromatic carboxylic acids is 1. The van der Waals surface area contributed by atoms with E-state index in [1.165, 1.54) is 37.4 Å². The Labute approximate surface area is 231 Å². The van der Waals surface area contributed by atoms with Crippen LogP contribution in [0.3, 0.4) is 0 Å². The molecule has 0 unspecified atom stereocenters. The molecule has 2 aromatic carbocycles. The van der Waals surface area contributed by atoms with Gasteiger partial charge in [0.1, 0.15) is 11.5 Å². The second kappa shape index (κ2) is 12.4. The summed E-state index contributed by atoms with van der Waals surface area (Å²) < 4.78 is 5.18. The molecule has 11 nitrogen and oxygen atoms in total. The van der Waals surface area contributed by atoms with Gasteiger partial charge in [-0.3, -0.25) is 15.0 Å². The van der Waals surface area contributed by atoms with E-state index in [2.05, 4.69) is 15.6 Å². The van der Waals surface area contributed by atoms with Gasteiger partial charge in [-0.1, -0.05) is 26.8 Å². The molecule has 0 aliphatic rings. The Kier molecular flexibility index (Phi) is 9.23. The summed E-state index contributed by atoms with van der Waals surface area (Å²) in [5.41, 5.74) is 6.39. The number of nitrogens with zero attached hydrogens (tertiary/aromatic N) is 1. The van der Waals surface area contributed by atoms with Gasteiger partial charge < -0.3 is 31.3 Å². The van der Waals surface area contributed by atoms with Crippen LogP contribution >= 0.6 is 0 Å². The SMILES string of the molecule is COc1ccc(-c2ccc(C(=O)N[C@H](CO)CC(C)(C)C)cc2C(=O)O)c(C(=O)Nc2ccc(C(=N)N)cc2)n1. The predicted molar refractivity (Wildman–Crippen MR) is 151 cm³/mol. The number of amides is 2. The lowest BCUT2D eigenvalue weighted by atomic mass is 9.88. The van der Waals surface area contributed by atoms with E-state index in [1.807, 2.05) is 20.8 Å². The van der Waals surface area contributed by atoms with E-state index in [4.69, 9.17) is 15.9 Å². The molecule has 0 aliphatic carbocycles. The monoisotopic (exact) mass is 547 g/mol. The van der Waals surface area contributed by atoms with Gasteiger partial charge in [0.2, 0.25) is 5.88 Å². The number of ether oxygens (including phenoxy) is 1. The lowest BCUT2D eigenvalue weighted by molar-refractivity contribution is 0.0697. The molecule has 0 saturated heterocycles. The van der Waals surface area contributed by atoms with Gasteiger partial charge in [0, 0.05) is 28.4 Å². The molecule has 0 aliphatic heterocycles. The zero-order chi connectivity index (χ0) is 29.6. The number of carboxylic acids is 1. The molecule has 0 spiro atoms. The standard InChI is InChI=1S/C29H33N5O6/c1-29(2,3)14-19(15-35)33-26(36)17-7-10-20(22(13-17)28(38)39)21-11-12-23(40-4)34-24(21)27(37)32-18-8-5-16(6-9-18)25(30)31/h5-13,19,35H,14-15H2,1-4H3,(H3,30,31)(H,32,37)(H,33,36)(H,38,39)/t19-/m0/s1. The molecule has 0 radical (unpaired) electrons. The fourth-order valence-corrected chi connectivity index (χ4v) is 4.14. The number of benzene rings is 2. The summed E-state index contributed by atoms with van der Waals surface area (Å²) in [6.07, 6.45) is 0.520. The van der Waals surface area contributed by atoms with Gasteiger partial charge in [-0.05, 0) is 59.9 Å². The number of aliphatic hydroxyl groups excluding tert-OH is 1. The van der Waals surface area contributed by atoms with Gasteiger partial charge in [0.05, 0.1) is 25.3 Å². The Bertz CT molecular complexity index is 1430. The topological polar surface area (TPSA) is 188 Å². The summed E-state index contributed by atoms with van der Waals surface area (Å²) in [6, 6.07) is 12.9. The van der Waals surface area contributed by atoms with E-state index in [-0.39, 0.29) is 51.7 Å². The normalized spacial score (nSPS) is 11.8. The maximum Gasteiger partial charge on any atom is 0.336 e. The average molecular weight is 548 g/mol. The maximum absolute atomic E-state index is 13.3. The lowest BCUT2D eigenvalue weighted by Gasteiger charge is -2.25. The third kappa shape index (κ3) is 7.41. The van der Waals surface area contributed by atoms with Crippen molar-refractivity contribution in [3.63, 3.8) is 0 Å². The van der Waals surface area contributed by atoms with Gasteiger partial charge in [-0.15, -0.1) is 0 Å². The minimum Gasteiger partial charge on any atom is -0.481 e. The van der Waals surface area contributed by atoms with Crippen LogP contribution in [0.15, 0.2) is 54.6 Å². The van der Waals surface area contributed by atoms with E-state index in [0.29, 0.717) is 17.7 Å². The van der Waals surface area contributed by atoms with Crippen LogP contribution in [-0.4, -0.2) is 58.6 Å². The average Bonchev–Trinajstić information content (AvgIpc) is 2.91. The van der Waals surface area contributed by atoms with Gasteiger partial charge in [0.15, 0.2) is 0 Å². The van der Waals surface area contributed by atoms with Crippen molar-refractivity contribution >= 4 is 29.3 Å². The number of hydrogen-bond donors (Lipinski definition) is 6. The molecule has 40 heavy (non-hydrogen) atoms.